The van der Waals surface area contributed by atoms with E-state index in [-0.39, 0.29) is 60.4 Å². The van der Waals surface area contributed by atoms with Crippen molar-refractivity contribution in [2.24, 2.45) is 35.5 Å². The molecule has 0 heterocycles. The lowest BCUT2D eigenvalue weighted by molar-refractivity contribution is -0.167. The lowest BCUT2D eigenvalue weighted by Gasteiger charge is -2.32. The molecule has 4 aliphatic carbocycles. The fourth-order valence-electron chi connectivity index (χ4n) is 9.09. The third-order valence-corrected chi connectivity index (χ3v) is 12.0. The van der Waals surface area contributed by atoms with Crippen LogP contribution in [0.5, 0.6) is 0 Å². The molecule has 0 radical (unpaired) electrons. The van der Waals surface area contributed by atoms with Gasteiger partial charge in [-0.1, -0.05) is 37.8 Å². The summed E-state index contributed by atoms with van der Waals surface area (Å²) in [5.41, 5.74) is -0.785. The van der Waals surface area contributed by atoms with Crippen LogP contribution in [0.4, 0.5) is 0 Å². The number of carbonyl (C=O) groups excluding carboxylic acids is 4. The van der Waals surface area contributed by atoms with Gasteiger partial charge in [0.1, 0.15) is 11.2 Å². The smallest absolute Gasteiger partial charge is 0.309 e. The molecule has 0 unspecified atom stereocenters. The van der Waals surface area contributed by atoms with Gasteiger partial charge in [-0.3, -0.25) is 19.2 Å². The highest BCUT2D eigenvalue weighted by Gasteiger charge is 2.44. The molecule has 0 aromatic heterocycles. The fourth-order valence-corrected chi connectivity index (χ4v) is 9.09. The first-order valence-corrected chi connectivity index (χ1v) is 18.8. The van der Waals surface area contributed by atoms with Gasteiger partial charge in [-0.15, -0.1) is 13.2 Å². The summed E-state index contributed by atoms with van der Waals surface area (Å²) < 4.78 is 21.7. The van der Waals surface area contributed by atoms with Crippen molar-refractivity contribution >= 4 is 23.9 Å². The molecule has 8 heteroatoms. The number of hydrogen-bond acceptors (Lipinski definition) is 8. The zero-order valence-corrected chi connectivity index (χ0v) is 30.4. The monoisotopic (exact) mass is 672 g/mol. The van der Waals surface area contributed by atoms with Crippen molar-refractivity contribution in [2.75, 3.05) is 14.2 Å². The second-order valence-corrected chi connectivity index (χ2v) is 15.2. The Morgan fingerprint density at radius 2 is 0.979 bits per heavy atom. The van der Waals surface area contributed by atoms with Crippen molar-refractivity contribution in [3.8, 4) is 0 Å². The molecule has 0 aromatic rings. The number of hydrogen-bond donors (Lipinski definition) is 0. The minimum atomic E-state index is -0.392. The van der Waals surface area contributed by atoms with Crippen molar-refractivity contribution in [1.82, 2.24) is 0 Å². The molecule has 4 saturated carbocycles. The average Bonchev–Trinajstić information content (AvgIpc) is 3.89. The Bertz CT molecular complexity index is 989. The van der Waals surface area contributed by atoms with Crippen molar-refractivity contribution in [3.63, 3.8) is 0 Å². The Morgan fingerprint density at radius 3 is 1.29 bits per heavy atom. The predicted molar refractivity (Wildman–Crippen MR) is 187 cm³/mol. The summed E-state index contributed by atoms with van der Waals surface area (Å²) in [5, 5.41) is 0. The number of carbonyl (C=O) groups is 4. The molecular weight excluding hydrogens is 608 g/mol. The van der Waals surface area contributed by atoms with Crippen LogP contribution < -0.4 is 0 Å². The molecule has 0 amide bonds. The van der Waals surface area contributed by atoms with E-state index < -0.39 is 11.2 Å². The van der Waals surface area contributed by atoms with Crippen LogP contribution in [0.15, 0.2) is 25.3 Å². The van der Waals surface area contributed by atoms with Crippen molar-refractivity contribution < 1.29 is 38.1 Å². The van der Waals surface area contributed by atoms with Gasteiger partial charge < -0.3 is 18.9 Å². The molecule has 0 aliphatic heterocycles. The molecule has 6 atom stereocenters. The van der Waals surface area contributed by atoms with Crippen LogP contribution in [0.2, 0.25) is 0 Å². The van der Waals surface area contributed by atoms with Crippen molar-refractivity contribution in [1.29, 1.82) is 0 Å². The third-order valence-electron chi connectivity index (χ3n) is 12.0. The van der Waals surface area contributed by atoms with E-state index in [0.29, 0.717) is 11.8 Å². The van der Waals surface area contributed by atoms with Gasteiger partial charge in [-0.2, -0.15) is 0 Å². The Balaban J connectivity index is 0.000000260. The summed E-state index contributed by atoms with van der Waals surface area (Å²) >= 11 is 0. The zero-order valence-electron chi connectivity index (χ0n) is 30.4. The Morgan fingerprint density at radius 1 is 0.625 bits per heavy atom. The first-order valence-electron chi connectivity index (χ1n) is 18.8. The van der Waals surface area contributed by atoms with Crippen LogP contribution in [0.3, 0.4) is 0 Å². The van der Waals surface area contributed by atoms with Crippen LogP contribution in [-0.4, -0.2) is 49.3 Å². The molecule has 8 nitrogen and oxygen atoms in total. The first kappa shape index (κ1) is 39.8. The van der Waals surface area contributed by atoms with E-state index in [2.05, 4.69) is 13.2 Å². The predicted octanol–water partition coefficient (Wildman–Crippen LogP) is 8.85. The van der Waals surface area contributed by atoms with Gasteiger partial charge >= 0.3 is 23.9 Å². The SMILES string of the molecule is C=CCC[C@@H]1CCC[C@@]1(C)OC(=O)C[C@H](C(=O)OC)C1CCCC1.C=CCC[C@H]1CCC[C@]1(C)OC(=O)C[C@H](C(=O)OC)C1CCCC1. The minimum absolute atomic E-state index is 0.154. The van der Waals surface area contributed by atoms with Crippen molar-refractivity contribution in [2.45, 2.75) is 153 Å². The summed E-state index contributed by atoms with van der Waals surface area (Å²) in [6, 6.07) is 0. The van der Waals surface area contributed by atoms with E-state index in [1.807, 2.05) is 26.0 Å². The van der Waals surface area contributed by atoms with E-state index in [1.54, 1.807) is 0 Å². The van der Waals surface area contributed by atoms with Gasteiger partial charge in [0.2, 0.25) is 0 Å². The van der Waals surface area contributed by atoms with Crippen LogP contribution in [-0.2, 0) is 38.1 Å². The molecule has 48 heavy (non-hydrogen) atoms. The molecule has 0 saturated heterocycles. The quantitative estimate of drug-likeness (QED) is 0.0910. The lowest BCUT2D eigenvalue weighted by Crippen LogP contribution is -2.37. The molecule has 0 bridgehead atoms. The summed E-state index contributed by atoms with van der Waals surface area (Å²) in [6.45, 7) is 11.7. The second kappa shape index (κ2) is 19.5. The number of methoxy groups -OCH3 is 2. The fraction of sp³-hybridized carbons (Fsp3) is 0.800. The summed E-state index contributed by atoms with van der Waals surface area (Å²) in [7, 11) is 2.80. The number of rotatable bonds is 16. The Labute approximate surface area is 290 Å². The standard InChI is InChI=1S/2C20H32O4/c2*1-4-5-11-16-12-8-13-20(16,2)24-18(21)14-17(19(22)23-3)15-9-6-7-10-15/h2*4,15-17H,1,5-14H2,2-3H3/t16-,17+,20-;16-,17-,20-/m10/s1. The van der Waals surface area contributed by atoms with Crippen molar-refractivity contribution in [3.05, 3.63) is 25.3 Å². The summed E-state index contributed by atoms with van der Waals surface area (Å²) in [5.74, 6) is -0.406. The highest BCUT2D eigenvalue weighted by atomic mass is 16.6. The lowest BCUT2D eigenvalue weighted by atomic mass is 9.87. The number of allylic oxidation sites excluding steroid dienone is 2. The molecule has 4 aliphatic rings. The minimum Gasteiger partial charge on any atom is -0.469 e. The van der Waals surface area contributed by atoms with Gasteiger partial charge in [0, 0.05) is 0 Å². The van der Waals surface area contributed by atoms with Gasteiger partial charge in [0.05, 0.1) is 38.9 Å². The van der Waals surface area contributed by atoms with Gasteiger partial charge in [-0.05, 0) is 127 Å². The molecule has 0 aromatic carbocycles. The summed E-state index contributed by atoms with van der Waals surface area (Å²) in [4.78, 5) is 49.4. The maximum atomic E-state index is 12.6. The summed E-state index contributed by atoms with van der Waals surface area (Å²) in [6.07, 6.45) is 22.8. The van der Waals surface area contributed by atoms with Gasteiger partial charge in [-0.25, -0.2) is 0 Å². The van der Waals surface area contributed by atoms with Crippen LogP contribution in [0, 0.1) is 35.5 Å². The van der Waals surface area contributed by atoms with Gasteiger partial charge in [0.25, 0.3) is 0 Å². The number of esters is 4. The van der Waals surface area contributed by atoms with Crippen LogP contribution in [0.25, 0.3) is 0 Å². The first-order chi connectivity index (χ1) is 23.0. The van der Waals surface area contributed by atoms with E-state index in [9.17, 15) is 19.2 Å². The molecule has 0 spiro atoms. The van der Waals surface area contributed by atoms with Crippen LogP contribution >= 0.6 is 0 Å². The van der Waals surface area contributed by atoms with E-state index >= 15 is 0 Å². The molecular formula is C40H64O8. The largest absolute Gasteiger partial charge is 0.469 e. The molecule has 4 rings (SSSR count). The Hall–Kier alpha value is -2.64. The topological polar surface area (TPSA) is 105 Å². The maximum absolute atomic E-state index is 12.6. The highest BCUT2D eigenvalue weighted by molar-refractivity contribution is 5.81. The molecule has 0 N–H and O–H groups in total. The average molecular weight is 673 g/mol. The zero-order chi connectivity index (χ0) is 35.2. The van der Waals surface area contributed by atoms with Gasteiger partial charge in [0.15, 0.2) is 0 Å². The Kier molecular flexibility index (Phi) is 16.2. The van der Waals surface area contributed by atoms with E-state index in [1.165, 1.54) is 14.2 Å². The normalized spacial score (nSPS) is 28.5. The third kappa shape index (κ3) is 11.2. The molecule has 4 fully saturated rings. The van der Waals surface area contributed by atoms with Crippen LogP contribution in [0.1, 0.15) is 142 Å². The highest BCUT2D eigenvalue weighted by Crippen LogP contribution is 2.44. The molecule has 272 valence electrons. The van der Waals surface area contributed by atoms with E-state index in [0.717, 1.165) is 116 Å². The number of ether oxygens (including phenoxy) is 4. The second-order valence-electron chi connectivity index (χ2n) is 15.2. The van der Waals surface area contributed by atoms with E-state index in [4.69, 9.17) is 18.9 Å². The maximum Gasteiger partial charge on any atom is 0.309 e.